The molecule has 0 aliphatic carbocycles. The maximum atomic E-state index is 12.6. The number of hydrogen-bond donors (Lipinski definition) is 1. The Hall–Kier alpha value is -3.66. The summed E-state index contributed by atoms with van der Waals surface area (Å²) in [5.74, 6) is -0.267. The SMILES string of the molecule is O=C(OCc1cc([N+](=O)[O-])cc2c1OCOC2)C1CCN(C(=O)Nc2ccccc2)CC1. The summed E-state index contributed by atoms with van der Waals surface area (Å²) in [6, 6.07) is 11.7. The molecule has 2 aliphatic heterocycles. The van der Waals surface area contributed by atoms with Crippen LogP contribution in [0.5, 0.6) is 5.75 Å². The second kappa shape index (κ2) is 9.65. The molecule has 4 rings (SSSR count). The van der Waals surface area contributed by atoms with Crippen LogP contribution in [0.15, 0.2) is 42.5 Å². The molecule has 0 bridgehead atoms. The van der Waals surface area contributed by atoms with E-state index in [0.29, 0.717) is 48.5 Å². The first-order chi connectivity index (χ1) is 15.5. The molecule has 1 N–H and O–H groups in total. The first kappa shape index (κ1) is 21.6. The average molecular weight is 441 g/mol. The van der Waals surface area contributed by atoms with Crippen LogP contribution in [0.1, 0.15) is 24.0 Å². The van der Waals surface area contributed by atoms with Gasteiger partial charge in [-0.1, -0.05) is 18.2 Å². The zero-order chi connectivity index (χ0) is 22.5. The number of para-hydroxylation sites is 1. The van der Waals surface area contributed by atoms with Crippen LogP contribution in [0.2, 0.25) is 0 Å². The van der Waals surface area contributed by atoms with Gasteiger partial charge in [0.05, 0.1) is 17.4 Å². The van der Waals surface area contributed by atoms with Crippen LogP contribution in [-0.4, -0.2) is 41.7 Å². The van der Waals surface area contributed by atoms with Crippen molar-refractivity contribution in [3.63, 3.8) is 0 Å². The van der Waals surface area contributed by atoms with Crippen molar-refractivity contribution in [1.82, 2.24) is 4.90 Å². The number of ether oxygens (including phenoxy) is 3. The predicted molar refractivity (Wildman–Crippen MR) is 113 cm³/mol. The third-order valence-corrected chi connectivity index (χ3v) is 5.49. The summed E-state index contributed by atoms with van der Waals surface area (Å²) >= 11 is 0. The molecule has 2 heterocycles. The fourth-order valence-corrected chi connectivity index (χ4v) is 3.80. The second-order valence-corrected chi connectivity index (χ2v) is 7.63. The monoisotopic (exact) mass is 441 g/mol. The molecule has 0 saturated carbocycles. The van der Waals surface area contributed by atoms with Crippen LogP contribution in [-0.2, 0) is 27.5 Å². The summed E-state index contributed by atoms with van der Waals surface area (Å²) < 4.78 is 16.1. The topological polar surface area (TPSA) is 120 Å². The van der Waals surface area contributed by atoms with Gasteiger partial charge in [-0.3, -0.25) is 14.9 Å². The van der Waals surface area contributed by atoms with Gasteiger partial charge in [0, 0.05) is 42.0 Å². The predicted octanol–water partition coefficient (Wildman–Crippen LogP) is 3.45. The van der Waals surface area contributed by atoms with Crippen LogP contribution in [0.3, 0.4) is 0 Å². The van der Waals surface area contributed by atoms with E-state index < -0.39 is 4.92 Å². The summed E-state index contributed by atoms with van der Waals surface area (Å²) in [4.78, 5) is 37.4. The molecule has 0 spiro atoms. The smallest absolute Gasteiger partial charge is 0.321 e. The number of fused-ring (bicyclic) bond motifs is 1. The maximum Gasteiger partial charge on any atom is 0.321 e. The zero-order valence-corrected chi connectivity index (χ0v) is 17.3. The van der Waals surface area contributed by atoms with E-state index in [1.165, 1.54) is 12.1 Å². The zero-order valence-electron chi connectivity index (χ0n) is 17.3. The number of hydrogen-bond acceptors (Lipinski definition) is 7. The number of piperidine rings is 1. The van der Waals surface area contributed by atoms with Gasteiger partial charge < -0.3 is 24.4 Å². The lowest BCUT2D eigenvalue weighted by atomic mass is 9.97. The van der Waals surface area contributed by atoms with E-state index in [9.17, 15) is 19.7 Å². The normalized spacial score (nSPS) is 15.9. The molecule has 10 nitrogen and oxygen atoms in total. The first-order valence-electron chi connectivity index (χ1n) is 10.3. The molecule has 1 saturated heterocycles. The molecule has 2 amide bonds. The van der Waals surface area contributed by atoms with Crippen LogP contribution < -0.4 is 10.1 Å². The van der Waals surface area contributed by atoms with E-state index in [2.05, 4.69) is 5.32 Å². The lowest BCUT2D eigenvalue weighted by molar-refractivity contribution is -0.385. The van der Waals surface area contributed by atoms with Crippen LogP contribution >= 0.6 is 0 Å². The number of anilines is 1. The summed E-state index contributed by atoms with van der Waals surface area (Å²) in [6.07, 6.45) is 0.969. The third-order valence-electron chi connectivity index (χ3n) is 5.49. The Balaban J connectivity index is 1.31. The number of nitro groups is 1. The number of urea groups is 1. The lowest BCUT2D eigenvalue weighted by Gasteiger charge is -2.31. The van der Waals surface area contributed by atoms with Crippen LogP contribution in [0.25, 0.3) is 0 Å². The molecule has 0 unspecified atom stereocenters. The van der Waals surface area contributed by atoms with E-state index in [1.807, 2.05) is 30.3 Å². The minimum absolute atomic E-state index is 0.0370. The number of carbonyl (C=O) groups excluding carboxylic acids is 2. The van der Waals surface area contributed by atoms with E-state index in [4.69, 9.17) is 14.2 Å². The molecule has 0 radical (unpaired) electrons. The van der Waals surface area contributed by atoms with Gasteiger partial charge >= 0.3 is 12.0 Å². The highest BCUT2D eigenvalue weighted by Crippen LogP contribution is 2.33. The number of amides is 2. The molecule has 10 heteroatoms. The van der Waals surface area contributed by atoms with Crippen LogP contribution in [0.4, 0.5) is 16.2 Å². The van der Waals surface area contributed by atoms with Crippen molar-refractivity contribution in [2.75, 3.05) is 25.2 Å². The molecular formula is C22H23N3O7. The first-order valence-corrected chi connectivity index (χ1v) is 10.3. The quantitative estimate of drug-likeness (QED) is 0.429. The Bertz CT molecular complexity index is 1000. The molecule has 0 aromatic heterocycles. The van der Waals surface area contributed by atoms with E-state index in [0.717, 1.165) is 0 Å². The van der Waals surface area contributed by atoms with Gasteiger partial charge in [0.2, 0.25) is 0 Å². The number of likely N-dealkylation sites (tertiary alicyclic amines) is 1. The summed E-state index contributed by atoms with van der Waals surface area (Å²) in [5.41, 5.74) is 1.59. The minimum atomic E-state index is -0.504. The summed E-state index contributed by atoms with van der Waals surface area (Å²) in [6.45, 7) is 0.977. The fourth-order valence-electron chi connectivity index (χ4n) is 3.80. The van der Waals surface area contributed by atoms with Crippen molar-refractivity contribution >= 4 is 23.4 Å². The van der Waals surface area contributed by atoms with Gasteiger partial charge in [0.1, 0.15) is 12.4 Å². The van der Waals surface area contributed by atoms with Crippen molar-refractivity contribution in [1.29, 1.82) is 0 Å². The maximum absolute atomic E-state index is 12.6. The molecule has 2 aliphatic rings. The van der Waals surface area contributed by atoms with Crippen molar-refractivity contribution in [2.45, 2.75) is 26.1 Å². The average Bonchev–Trinajstić information content (AvgIpc) is 2.82. The largest absolute Gasteiger partial charge is 0.467 e. The Morgan fingerprint density at radius 2 is 1.94 bits per heavy atom. The summed E-state index contributed by atoms with van der Waals surface area (Å²) in [5, 5.41) is 14.0. The Morgan fingerprint density at radius 1 is 1.19 bits per heavy atom. The van der Waals surface area contributed by atoms with Crippen molar-refractivity contribution in [3.8, 4) is 5.75 Å². The molecule has 2 aromatic rings. The molecule has 0 atom stereocenters. The van der Waals surface area contributed by atoms with Gasteiger partial charge in [-0.15, -0.1) is 0 Å². The fraction of sp³-hybridized carbons (Fsp3) is 0.364. The number of benzene rings is 2. The Labute approximate surface area is 184 Å². The molecular weight excluding hydrogens is 418 g/mol. The number of carbonyl (C=O) groups is 2. The molecule has 1 fully saturated rings. The standard InChI is InChI=1S/C22H23N3O7/c26-21(15-6-8-24(9-7-15)22(27)23-18-4-2-1-3-5-18)31-13-17-11-19(25(28)29)10-16-12-30-14-32-20(16)17/h1-5,10-11,15H,6-9,12-14H2,(H,23,27). The number of nitro benzene ring substituents is 1. The third kappa shape index (κ3) is 4.97. The Kier molecular flexibility index (Phi) is 6.50. The highest BCUT2D eigenvalue weighted by Gasteiger charge is 2.29. The Morgan fingerprint density at radius 3 is 2.66 bits per heavy atom. The molecule has 32 heavy (non-hydrogen) atoms. The van der Waals surface area contributed by atoms with Crippen molar-refractivity contribution < 1.29 is 28.7 Å². The van der Waals surface area contributed by atoms with Gasteiger partial charge in [0.25, 0.3) is 5.69 Å². The number of nitrogens with zero attached hydrogens (tertiary/aromatic N) is 2. The lowest BCUT2D eigenvalue weighted by Crippen LogP contribution is -2.42. The van der Waals surface area contributed by atoms with Gasteiger partial charge in [-0.2, -0.15) is 0 Å². The van der Waals surface area contributed by atoms with E-state index in [1.54, 1.807) is 4.90 Å². The molecule has 168 valence electrons. The van der Waals surface area contributed by atoms with Gasteiger partial charge in [-0.05, 0) is 25.0 Å². The number of nitrogens with one attached hydrogen (secondary N) is 1. The summed E-state index contributed by atoms with van der Waals surface area (Å²) in [7, 11) is 0. The van der Waals surface area contributed by atoms with Crippen molar-refractivity contribution in [3.05, 3.63) is 63.7 Å². The number of rotatable bonds is 5. The van der Waals surface area contributed by atoms with E-state index in [-0.39, 0.29) is 43.6 Å². The van der Waals surface area contributed by atoms with Crippen molar-refractivity contribution in [2.24, 2.45) is 5.92 Å². The second-order valence-electron chi connectivity index (χ2n) is 7.63. The van der Waals surface area contributed by atoms with Gasteiger partial charge in [-0.25, -0.2) is 4.79 Å². The highest BCUT2D eigenvalue weighted by molar-refractivity contribution is 5.89. The minimum Gasteiger partial charge on any atom is -0.467 e. The number of non-ortho nitro benzene ring substituents is 1. The van der Waals surface area contributed by atoms with Gasteiger partial charge in [0.15, 0.2) is 6.79 Å². The van der Waals surface area contributed by atoms with Crippen LogP contribution in [0, 0.1) is 16.0 Å². The van der Waals surface area contributed by atoms with E-state index >= 15 is 0 Å². The molecule has 2 aromatic carbocycles. The highest BCUT2D eigenvalue weighted by atomic mass is 16.7. The number of esters is 1.